The molecule has 0 spiro atoms. The minimum absolute atomic E-state index is 0.815. The van der Waals surface area contributed by atoms with Gasteiger partial charge in [-0.15, -0.1) is 13.2 Å². The van der Waals surface area contributed by atoms with Crippen LogP contribution in [0.4, 0.5) is 17.6 Å². The molecule has 0 bridgehead atoms. The molecule has 1 aromatic carbocycles. The Hall–Kier alpha value is -0.730. The average Bonchev–Trinajstić information content (AvgIpc) is 2.03. The number of benzene rings is 1. The highest BCUT2D eigenvalue weighted by atomic mass is 36.0. The summed E-state index contributed by atoms with van der Waals surface area (Å²) >= 11 is 0. The van der Waals surface area contributed by atoms with Crippen molar-refractivity contribution in [3.63, 3.8) is 0 Å². The molecule has 0 heterocycles. The Labute approximate surface area is 103 Å². The molecular weight excluding hydrogens is 311 g/mol. The number of ether oxygens (including phenoxy) is 1. The van der Waals surface area contributed by atoms with Crippen molar-refractivity contribution in [2.24, 2.45) is 0 Å². The van der Waals surface area contributed by atoms with Gasteiger partial charge in [-0.05, 0) is 12.1 Å². The van der Waals surface area contributed by atoms with Gasteiger partial charge in [0.25, 0.3) is 0 Å². The Morgan fingerprint density at radius 1 is 1.12 bits per heavy atom. The molecule has 10 heteroatoms. The van der Waals surface area contributed by atoms with Crippen molar-refractivity contribution in [1.29, 1.82) is 0 Å². The van der Waals surface area contributed by atoms with Crippen LogP contribution in [0.3, 0.4) is 0 Å². The van der Waals surface area contributed by atoms with Gasteiger partial charge in [-0.3, -0.25) is 0 Å². The third kappa shape index (κ3) is 11.5. The first-order valence-electron chi connectivity index (χ1n) is 3.63. The van der Waals surface area contributed by atoms with E-state index in [1.165, 1.54) is 12.1 Å². The Balaban J connectivity index is 0.000000437. The largest absolute Gasteiger partial charge is 0.573 e. The van der Waals surface area contributed by atoms with Crippen molar-refractivity contribution >= 4 is 29.6 Å². The number of rotatable bonds is 1. The van der Waals surface area contributed by atoms with Gasteiger partial charge in [-0.1, -0.05) is 12.1 Å². The highest BCUT2D eigenvalue weighted by molar-refractivity contribution is 8.31. The molecule has 1 aromatic rings. The second-order valence-electron chi connectivity index (χ2n) is 2.36. The van der Waals surface area contributed by atoms with Gasteiger partial charge < -0.3 is 4.74 Å². The van der Waals surface area contributed by atoms with Gasteiger partial charge >= 0.3 is 14.6 Å². The molecule has 3 nitrogen and oxygen atoms in total. The third-order valence-electron chi connectivity index (χ3n) is 1.06. The van der Waals surface area contributed by atoms with Crippen LogP contribution in [0.25, 0.3) is 0 Å². The highest BCUT2D eigenvalue weighted by Gasteiger charge is 2.32. The van der Waals surface area contributed by atoms with Crippen molar-refractivity contribution in [1.82, 2.24) is 0 Å². The van der Waals surface area contributed by atoms with Gasteiger partial charge in [0.2, 0.25) is 0 Å². The van der Waals surface area contributed by atoms with Crippen LogP contribution in [-0.2, 0) is 8.26 Å². The molecule has 0 fully saturated rings. The van der Waals surface area contributed by atoms with Crippen molar-refractivity contribution in [2.45, 2.75) is 6.36 Å². The fraction of sp³-hybridized carbons (Fsp3) is 0.143. The Morgan fingerprint density at radius 3 is 1.88 bits per heavy atom. The number of hydrogen-bond donors (Lipinski definition) is 0. The predicted octanol–water partition coefficient (Wildman–Crippen LogP) is 3.43. The molecule has 0 N–H and O–H groups in total. The molecule has 0 saturated carbocycles. The summed E-state index contributed by atoms with van der Waals surface area (Å²) in [5, 5.41) is 0. The van der Waals surface area contributed by atoms with Crippen LogP contribution in [0.5, 0.6) is 5.75 Å². The Bertz CT molecular complexity index is 452. The summed E-state index contributed by atoms with van der Waals surface area (Å²) < 4.78 is 68.8. The summed E-state index contributed by atoms with van der Waals surface area (Å²) in [5.41, 5.74) is 0. The fourth-order valence-electron chi connectivity index (χ4n) is 0.652. The summed E-state index contributed by atoms with van der Waals surface area (Å²) in [4.78, 5) is 0. The quantitative estimate of drug-likeness (QED) is 0.589. The first-order valence-corrected chi connectivity index (χ1v) is 6.77. The zero-order valence-electron chi connectivity index (χ0n) is 7.71. The smallest absolute Gasteiger partial charge is 0.403 e. The van der Waals surface area contributed by atoms with E-state index in [0.29, 0.717) is 0 Å². The van der Waals surface area contributed by atoms with Gasteiger partial charge in [0, 0.05) is 21.4 Å². The summed E-state index contributed by atoms with van der Waals surface area (Å²) in [7, 11) is 4.81. The molecule has 1 rings (SSSR count). The van der Waals surface area contributed by atoms with Crippen molar-refractivity contribution < 1.29 is 30.7 Å². The summed E-state index contributed by atoms with van der Waals surface area (Å²) in [6.07, 6.45) is -4.85. The highest BCUT2D eigenvalue weighted by Crippen LogP contribution is 2.24. The fourth-order valence-corrected chi connectivity index (χ4v) is 0.652. The number of hydrogen-bond acceptors (Lipinski definition) is 3. The van der Waals surface area contributed by atoms with Gasteiger partial charge in [0.15, 0.2) is 11.6 Å². The monoisotopic (exact) mass is 314 g/mol. The van der Waals surface area contributed by atoms with E-state index >= 15 is 0 Å². The van der Waals surface area contributed by atoms with Crippen LogP contribution in [0.1, 0.15) is 0 Å². The van der Waals surface area contributed by atoms with Crippen molar-refractivity contribution in [3.05, 3.63) is 30.1 Å². The molecule has 0 unspecified atom stereocenters. The SMILES string of the molecule is Fc1ccccc1OC(F)(F)F.O=S(=O)(Cl)Cl. The van der Waals surface area contributed by atoms with Crippen molar-refractivity contribution in [2.75, 3.05) is 0 Å². The lowest BCUT2D eigenvalue weighted by Gasteiger charge is -2.08. The van der Waals surface area contributed by atoms with E-state index in [0.717, 1.165) is 12.1 Å². The minimum atomic E-state index is -4.85. The van der Waals surface area contributed by atoms with Gasteiger partial charge in [-0.2, -0.15) is 8.42 Å². The van der Waals surface area contributed by atoms with Crippen LogP contribution >= 0.6 is 21.4 Å². The van der Waals surface area contributed by atoms with E-state index in [-0.39, 0.29) is 0 Å². The van der Waals surface area contributed by atoms with Crippen LogP contribution in [-0.4, -0.2) is 14.8 Å². The zero-order valence-corrected chi connectivity index (χ0v) is 10.0. The second kappa shape index (κ2) is 6.27. The van der Waals surface area contributed by atoms with Crippen LogP contribution in [0.15, 0.2) is 24.3 Å². The van der Waals surface area contributed by atoms with Gasteiger partial charge in [0.05, 0.1) is 0 Å². The molecule has 0 aliphatic rings. The number of halogens is 6. The molecular formula is C7H4Cl2F4O3S. The first-order chi connectivity index (χ1) is 7.49. The van der Waals surface area contributed by atoms with Crippen LogP contribution in [0.2, 0.25) is 0 Å². The molecule has 0 aliphatic carbocycles. The molecule has 0 radical (unpaired) electrons. The second-order valence-corrected chi connectivity index (χ2v) is 6.02. The zero-order chi connectivity index (χ0) is 13.7. The third-order valence-corrected chi connectivity index (χ3v) is 1.06. The molecule has 0 aromatic heterocycles. The van der Waals surface area contributed by atoms with E-state index in [1.54, 1.807) is 0 Å². The lowest BCUT2D eigenvalue weighted by atomic mass is 10.3. The first kappa shape index (κ1) is 16.3. The predicted molar refractivity (Wildman–Crippen MR) is 53.7 cm³/mol. The Kier molecular flexibility index (Phi) is 6.00. The Morgan fingerprint density at radius 2 is 1.53 bits per heavy atom. The molecule has 0 atom stereocenters. The number of para-hydroxylation sites is 1. The van der Waals surface area contributed by atoms with E-state index in [2.05, 4.69) is 26.1 Å². The lowest BCUT2D eigenvalue weighted by molar-refractivity contribution is -0.275. The van der Waals surface area contributed by atoms with E-state index in [4.69, 9.17) is 8.42 Å². The maximum Gasteiger partial charge on any atom is 0.573 e. The topological polar surface area (TPSA) is 43.4 Å². The standard InChI is InChI=1S/C7H4F4O.Cl2O2S/c8-5-3-1-2-4-6(5)12-7(9,10)11;1-5(2,3)4/h1-4H;. The minimum Gasteiger partial charge on any atom is -0.403 e. The van der Waals surface area contributed by atoms with Gasteiger partial charge in [-0.25, -0.2) is 4.39 Å². The normalized spacial score (nSPS) is 11.4. The van der Waals surface area contributed by atoms with Crippen LogP contribution < -0.4 is 4.74 Å². The summed E-state index contributed by atoms with van der Waals surface area (Å²) in [6.45, 7) is 0. The average molecular weight is 315 g/mol. The van der Waals surface area contributed by atoms with Crippen LogP contribution in [0, 0.1) is 5.82 Å². The maximum absolute atomic E-state index is 12.5. The summed E-state index contributed by atoms with van der Waals surface area (Å²) in [6, 6.07) is 4.33. The molecule has 0 saturated heterocycles. The van der Waals surface area contributed by atoms with Gasteiger partial charge in [0.1, 0.15) is 0 Å². The van der Waals surface area contributed by atoms with E-state index in [9.17, 15) is 17.6 Å². The maximum atomic E-state index is 12.5. The molecule has 98 valence electrons. The molecule has 0 aliphatic heterocycles. The van der Waals surface area contributed by atoms with Crippen molar-refractivity contribution in [3.8, 4) is 5.75 Å². The lowest BCUT2D eigenvalue weighted by Crippen LogP contribution is -2.17. The molecule has 0 amide bonds. The molecule has 17 heavy (non-hydrogen) atoms. The van der Waals surface area contributed by atoms with E-state index in [1.807, 2.05) is 0 Å². The summed E-state index contributed by atoms with van der Waals surface area (Å²) in [5.74, 6) is -1.85. The number of alkyl halides is 3. The van der Waals surface area contributed by atoms with E-state index < -0.39 is 26.2 Å².